The molecular weight excluding hydrogens is 266 g/mol. The molecule has 0 saturated heterocycles. The largest absolute Gasteiger partial charge is 0.490 e. The summed E-state index contributed by atoms with van der Waals surface area (Å²) in [6.45, 7) is 1.97. The van der Waals surface area contributed by atoms with E-state index in [0.29, 0.717) is 5.75 Å². The van der Waals surface area contributed by atoms with Crippen molar-refractivity contribution in [3.05, 3.63) is 48.3 Å². The molecule has 0 saturated carbocycles. The van der Waals surface area contributed by atoms with Gasteiger partial charge >= 0.3 is 0 Å². The summed E-state index contributed by atoms with van der Waals surface area (Å²) in [6.07, 6.45) is 3.40. The maximum Gasteiger partial charge on any atom is 0.297 e. The van der Waals surface area contributed by atoms with Crippen molar-refractivity contribution in [1.29, 1.82) is 0 Å². The number of benzene rings is 1. The third kappa shape index (κ3) is 3.84. The average Bonchev–Trinajstić information content (AvgIpc) is 2.88. The molecule has 0 radical (unpaired) electrons. The topological polar surface area (TPSA) is 68.4 Å². The van der Waals surface area contributed by atoms with Crippen LogP contribution in [0.5, 0.6) is 5.75 Å². The number of hydrogen-bond acceptors (Lipinski definition) is 4. The Morgan fingerprint density at radius 3 is 2.74 bits per heavy atom. The second-order valence-corrected chi connectivity index (χ2v) is 5.60. The van der Waals surface area contributed by atoms with Crippen molar-refractivity contribution in [3.8, 4) is 5.75 Å². The van der Waals surface area contributed by atoms with Gasteiger partial charge in [-0.05, 0) is 30.7 Å². The van der Waals surface area contributed by atoms with Crippen LogP contribution in [0, 0.1) is 6.92 Å². The van der Waals surface area contributed by atoms with Gasteiger partial charge in [0, 0.05) is 12.4 Å². The predicted molar refractivity (Wildman–Crippen MR) is 70.6 cm³/mol. The van der Waals surface area contributed by atoms with E-state index < -0.39 is 10.1 Å². The molecular formula is C13H15NO4S. The van der Waals surface area contributed by atoms with E-state index in [1.165, 1.54) is 6.07 Å². The molecule has 0 atom stereocenters. The monoisotopic (exact) mass is 281 g/mol. The summed E-state index contributed by atoms with van der Waals surface area (Å²) in [4.78, 5) is 3.00. The van der Waals surface area contributed by atoms with Crippen LogP contribution in [0.2, 0.25) is 0 Å². The number of rotatable bonds is 6. The lowest BCUT2D eigenvalue weighted by Crippen LogP contribution is -2.13. The number of aryl methyl sites for hydroxylation is 1. The van der Waals surface area contributed by atoms with Crippen molar-refractivity contribution in [2.45, 2.75) is 11.8 Å². The number of hydrogen-bond donors (Lipinski definition) is 1. The van der Waals surface area contributed by atoms with Gasteiger partial charge in [-0.25, -0.2) is 0 Å². The van der Waals surface area contributed by atoms with Gasteiger partial charge in [-0.3, -0.25) is 4.18 Å². The molecule has 1 heterocycles. The summed E-state index contributed by atoms with van der Waals surface area (Å²) in [6, 6.07) is 8.34. The van der Waals surface area contributed by atoms with Gasteiger partial charge in [-0.15, -0.1) is 0 Å². The lowest BCUT2D eigenvalue weighted by atomic mass is 10.2. The van der Waals surface area contributed by atoms with Crippen LogP contribution in [0.4, 0.5) is 0 Å². The lowest BCUT2D eigenvalue weighted by Gasteiger charge is -2.07. The Hall–Kier alpha value is -1.79. The Balaban J connectivity index is 1.88. The Bertz CT molecular complexity index is 620. The predicted octanol–water partition coefficient (Wildman–Crippen LogP) is 2.11. The van der Waals surface area contributed by atoms with Crippen molar-refractivity contribution in [1.82, 2.24) is 4.98 Å². The maximum atomic E-state index is 11.9. The second kappa shape index (κ2) is 5.90. The molecule has 0 amide bonds. The fraction of sp³-hybridized carbons (Fsp3) is 0.231. The van der Waals surface area contributed by atoms with Crippen molar-refractivity contribution in [2.75, 3.05) is 13.2 Å². The zero-order valence-corrected chi connectivity index (χ0v) is 11.3. The first-order chi connectivity index (χ1) is 9.08. The molecule has 0 unspecified atom stereocenters. The molecule has 0 aliphatic heterocycles. The molecule has 2 aromatic rings. The minimum Gasteiger partial charge on any atom is -0.490 e. The number of aromatic nitrogens is 1. The van der Waals surface area contributed by atoms with Gasteiger partial charge in [0.2, 0.25) is 0 Å². The average molecular weight is 281 g/mol. The summed E-state index contributed by atoms with van der Waals surface area (Å²) in [7, 11) is -3.71. The van der Waals surface area contributed by atoms with E-state index in [0.717, 1.165) is 5.56 Å². The number of nitrogens with one attached hydrogen (secondary N) is 1. The molecule has 0 fully saturated rings. The lowest BCUT2D eigenvalue weighted by molar-refractivity contribution is 0.221. The quantitative estimate of drug-likeness (QED) is 0.650. The molecule has 1 aromatic carbocycles. The summed E-state index contributed by atoms with van der Waals surface area (Å²) in [5.41, 5.74) is 0.869. The maximum absolute atomic E-state index is 11.9. The molecule has 1 aromatic heterocycles. The van der Waals surface area contributed by atoms with E-state index in [9.17, 15) is 8.42 Å². The molecule has 0 spiro atoms. The van der Waals surface area contributed by atoms with Gasteiger partial charge in [0.15, 0.2) is 0 Å². The van der Waals surface area contributed by atoms with Crippen LogP contribution < -0.4 is 4.74 Å². The van der Waals surface area contributed by atoms with Crippen LogP contribution in [0.25, 0.3) is 0 Å². The van der Waals surface area contributed by atoms with Crippen LogP contribution >= 0.6 is 0 Å². The molecule has 1 N–H and O–H groups in total. The van der Waals surface area contributed by atoms with E-state index >= 15 is 0 Å². The minimum absolute atomic E-state index is 0.0263. The fourth-order valence-electron chi connectivity index (χ4n) is 1.54. The first-order valence-electron chi connectivity index (χ1n) is 5.79. The van der Waals surface area contributed by atoms with E-state index in [2.05, 4.69) is 4.98 Å². The highest BCUT2D eigenvalue weighted by molar-refractivity contribution is 7.86. The zero-order chi connectivity index (χ0) is 13.7. The van der Waals surface area contributed by atoms with Gasteiger partial charge in [-0.2, -0.15) is 8.42 Å². The highest BCUT2D eigenvalue weighted by Gasteiger charge is 2.14. The van der Waals surface area contributed by atoms with Crippen molar-refractivity contribution >= 4 is 10.1 Å². The van der Waals surface area contributed by atoms with Gasteiger partial charge in [0.05, 0.1) is 4.90 Å². The molecule has 19 heavy (non-hydrogen) atoms. The van der Waals surface area contributed by atoms with Crippen LogP contribution in [-0.2, 0) is 14.3 Å². The molecule has 6 heteroatoms. The van der Waals surface area contributed by atoms with Crippen molar-refractivity contribution in [2.24, 2.45) is 0 Å². The summed E-state index contributed by atoms with van der Waals surface area (Å²) in [5, 5.41) is 0. The molecule has 2 rings (SSSR count). The molecule has 0 aliphatic rings. The summed E-state index contributed by atoms with van der Waals surface area (Å²) < 4.78 is 33.9. The van der Waals surface area contributed by atoms with Crippen molar-refractivity contribution in [3.63, 3.8) is 0 Å². The highest BCUT2D eigenvalue weighted by Crippen LogP contribution is 2.14. The third-order valence-corrected chi connectivity index (χ3v) is 3.75. The van der Waals surface area contributed by atoms with Gasteiger partial charge in [0.25, 0.3) is 10.1 Å². The summed E-state index contributed by atoms with van der Waals surface area (Å²) in [5.74, 6) is 0.650. The fourth-order valence-corrected chi connectivity index (χ4v) is 2.54. The van der Waals surface area contributed by atoms with E-state index in [4.69, 9.17) is 8.92 Å². The number of H-pyrrole nitrogens is 1. The standard InChI is InChI=1S/C13H15NO4S/c1-11-3-2-4-13(9-11)19(15,16)18-8-7-17-12-5-6-14-10-12/h2-6,9-10,14H,7-8H2,1H3. The highest BCUT2D eigenvalue weighted by atomic mass is 32.2. The molecule has 0 bridgehead atoms. The molecule has 102 valence electrons. The molecule has 0 aliphatic carbocycles. The molecule has 5 nitrogen and oxygen atoms in total. The summed E-state index contributed by atoms with van der Waals surface area (Å²) >= 11 is 0. The zero-order valence-electron chi connectivity index (χ0n) is 10.5. The van der Waals surface area contributed by atoms with Gasteiger partial charge in [-0.1, -0.05) is 12.1 Å². The smallest absolute Gasteiger partial charge is 0.297 e. The van der Waals surface area contributed by atoms with E-state index in [-0.39, 0.29) is 18.1 Å². The Labute approximate surface area is 112 Å². The van der Waals surface area contributed by atoms with Crippen LogP contribution in [0.1, 0.15) is 5.56 Å². The third-order valence-electron chi connectivity index (χ3n) is 2.44. The van der Waals surface area contributed by atoms with Crippen molar-refractivity contribution < 1.29 is 17.3 Å². The Morgan fingerprint density at radius 2 is 2.05 bits per heavy atom. The number of ether oxygens (including phenoxy) is 1. The first kappa shape index (κ1) is 13.6. The first-order valence-corrected chi connectivity index (χ1v) is 7.20. The van der Waals surface area contributed by atoms with E-state index in [1.54, 1.807) is 30.6 Å². The number of aromatic amines is 1. The van der Waals surface area contributed by atoms with Gasteiger partial charge in [0.1, 0.15) is 19.0 Å². The van der Waals surface area contributed by atoms with Crippen LogP contribution in [0.3, 0.4) is 0 Å². The second-order valence-electron chi connectivity index (χ2n) is 3.99. The van der Waals surface area contributed by atoms with E-state index in [1.807, 2.05) is 13.0 Å². The Morgan fingerprint density at radius 1 is 1.21 bits per heavy atom. The van der Waals surface area contributed by atoms with Crippen LogP contribution in [0.15, 0.2) is 47.6 Å². The van der Waals surface area contributed by atoms with Crippen LogP contribution in [-0.4, -0.2) is 26.6 Å². The normalized spacial score (nSPS) is 11.4. The van der Waals surface area contributed by atoms with Gasteiger partial charge < -0.3 is 9.72 Å². The SMILES string of the molecule is Cc1cccc(S(=O)(=O)OCCOc2cc[nH]c2)c1. The Kier molecular flexibility index (Phi) is 4.24. The minimum atomic E-state index is -3.71.